The van der Waals surface area contributed by atoms with Gasteiger partial charge in [-0.2, -0.15) is 0 Å². The lowest BCUT2D eigenvalue weighted by Crippen LogP contribution is -2.40. The minimum atomic E-state index is 0.941. The van der Waals surface area contributed by atoms with Gasteiger partial charge < -0.3 is 10.2 Å². The highest BCUT2D eigenvalue weighted by atomic mass is 15.2. The van der Waals surface area contributed by atoms with Crippen molar-refractivity contribution in [1.82, 2.24) is 10.3 Å². The molecule has 0 atom stereocenters. The molecule has 1 radical (unpaired) electrons. The van der Waals surface area contributed by atoms with Gasteiger partial charge in [0.2, 0.25) is 0 Å². The molecule has 1 fully saturated rings. The molecule has 1 saturated heterocycles. The topological polar surface area (TPSA) is 28.2 Å². The highest BCUT2D eigenvalue weighted by Gasteiger charge is 2.10. The molecule has 12 heavy (non-hydrogen) atoms. The molecule has 0 amide bonds. The maximum Gasteiger partial charge on any atom is 0.128 e. The van der Waals surface area contributed by atoms with Gasteiger partial charge in [-0.3, -0.25) is 0 Å². The summed E-state index contributed by atoms with van der Waals surface area (Å²) < 4.78 is 0. The van der Waals surface area contributed by atoms with E-state index in [2.05, 4.69) is 21.7 Å². The van der Waals surface area contributed by atoms with Gasteiger partial charge in [0.1, 0.15) is 5.82 Å². The Kier molecular flexibility index (Phi) is 2.23. The van der Waals surface area contributed by atoms with Gasteiger partial charge in [-0.05, 0) is 12.1 Å². The van der Waals surface area contributed by atoms with Gasteiger partial charge in [-0.25, -0.2) is 4.98 Å². The number of rotatable bonds is 1. The van der Waals surface area contributed by atoms with E-state index in [1.807, 2.05) is 24.4 Å². The van der Waals surface area contributed by atoms with Gasteiger partial charge in [0.15, 0.2) is 0 Å². The highest BCUT2D eigenvalue weighted by Crippen LogP contribution is 2.11. The summed E-state index contributed by atoms with van der Waals surface area (Å²) >= 11 is 0. The van der Waals surface area contributed by atoms with Crippen LogP contribution in [-0.4, -0.2) is 24.6 Å². The Bertz CT molecular complexity index is 229. The fourth-order valence-corrected chi connectivity index (χ4v) is 1.30. The Morgan fingerprint density at radius 3 is 3.08 bits per heavy atom. The van der Waals surface area contributed by atoms with Crippen LogP contribution in [0.2, 0.25) is 0 Å². The molecule has 0 aliphatic carbocycles. The third-order valence-electron chi connectivity index (χ3n) is 1.93. The SMILES string of the molecule is [CH]1CNCCN1c1ccccn1. The zero-order valence-corrected chi connectivity index (χ0v) is 6.90. The molecule has 63 valence electrons. The van der Waals surface area contributed by atoms with Gasteiger partial charge in [-0.1, -0.05) is 6.07 Å². The van der Waals surface area contributed by atoms with Crippen molar-refractivity contribution in [3.8, 4) is 0 Å². The third-order valence-corrected chi connectivity index (χ3v) is 1.93. The maximum atomic E-state index is 4.27. The molecule has 1 aromatic heterocycles. The summed E-state index contributed by atoms with van der Waals surface area (Å²) in [5, 5.41) is 3.26. The largest absolute Gasteiger partial charge is 0.349 e. The molecular formula is C9H12N3. The van der Waals surface area contributed by atoms with E-state index >= 15 is 0 Å². The van der Waals surface area contributed by atoms with Gasteiger partial charge in [0.05, 0.1) is 6.54 Å². The number of hydrogen-bond acceptors (Lipinski definition) is 3. The lowest BCUT2D eigenvalue weighted by Gasteiger charge is -2.27. The van der Waals surface area contributed by atoms with Crippen molar-refractivity contribution in [1.29, 1.82) is 0 Å². The van der Waals surface area contributed by atoms with Crippen molar-refractivity contribution in [3.63, 3.8) is 0 Å². The van der Waals surface area contributed by atoms with E-state index < -0.39 is 0 Å². The van der Waals surface area contributed by atoms with E-state index in [1.165, 1.54) is 0 Å². The smallest absolute Gasteiger partial charge is 0.128 e. The van der Waals surface area contributed by atoms with E-state index in [0.717, 1.165) is 25.5 Å². The second-order valence-electron chi connectivity index (χ2n) is 2.77. The Balaban J connectivity index is 2.08. The molecule has 0 aromatic carbocycles. The van der Waals surface area contributed by atoms with Crippen LogP contribution >= 0.6 is 0 Å². The van der Waals surface area contributed by atoms with Crippen LogP contribution in [-0.2, 0) is 0 Å². The summed E-state index contributed by atoms with van der Waals surface area (Å²) in [5.74, 6) is 1.04. The van der Waals surface area contributed by atoms with Gasteiger partial charge >= 0.3 is 0 Å². The molecule has 1 N–H and O–H groups in total. The summed E-state index contributed by atoms with van der Waals surface area (Å²) in [6.07, 6.45) is 1.82. The first kappa shape index (κ1) is 7.55. The Labute approximate surface area is 72.4 Å². The average molecular weight is 162 g/mol. The van der Waals surface area contributed by atoms with E-state index in [0.29, 0.717) is 0 Å². The number of piperazine rings is 1. The summed E-state index contributed by atoms with van der Waals surface area (Å²) in [4.78, 5) is 6.45. The van der Waals surface area contributed by atoms with Crippen LogP contribution in [0, 0.1) is 6.54 Å². The summed E-state index contributed by atoms with van der Waals surface area (Å²) in [6.45, 7) is 5.12. The lowest BCUT2D eigenvalue weighted by molar-refractivity contribution is 0.636. The molecular weight excluding hydrogens is 150 g/mol. The van der Waals surface area contributed by atoms with Gasteiger partial charge in [-0.15, -0.1) is 0 Å². The molecule has 1 aliphatic heterocycles. The Morgan fingerprint density at radius 2 is 2.42 bits per heavy atom. The summed E-state index contributed by atoms with van der Waals surface area (Å²) in [5.41, 5.74) is 0. The number of nitrogens with one attached hydrogen (secondary N) is 1. The fourth-order valence-electron chi connectivity index (χ4n) is 1.30. The Morgan fingerprint density at radius 1 is 1.42 bits per heavy atom. The maximum absolute atomic E-state index is 4.27. The first-order chi connectivity index (χ1) is 5.97. The molecule has 0 bridgehead atoms. The van der Waals surface area contributed by atoms with Crippen molar-refractivity contribution in [3.05, 3.63) is 30.9 Å². The fraction of sp³-hybridized carbons (Fsp3) is 0.333. The number of nitrogens with zero attached hydrogens (tertiary/aromatic N) is 2. The van der Waals surface area contributed by atoms with Crippen molar-refractivity contribution in [2.45, 2.75) is 0 Å². The summed E-state index contributed by atoms with van der Waals surface area (Å²) in [6, 6.07) is 5.98. The number of hydrogen-bond donors (Lipinski definition) is 1. The van der Waals surface area contributed by atoms with E-state index in [9.17, 15) is 0 Å². The van der Waals surface area contributed by atoms with Crippen molar-refractivity contribution < 1.29 is 0 Å². The number of pyridine rings is 1. The predicted molar refractivity (Wildman–Crippen MR) is 48.8 cm³/mol. The average Bonchev–Trinajstić information content (AvgIpc) is 2.21. The van der Waals surface area contributed by atoms with Crippen LogP contribution in [0.25, 0.3) is 0 Å². The quantitative estimate of drug-likeness (QED) is 0.657. The molecule has 1 aromatic rings. The third kappa shape index (κ3) is 1.56. The van der Waals surface area contributed by atoms with Crippen LogP contribution in [0.4, 0.5) is 5.82 Å². The molecule has 2 heterocycles. The number of anilines is 1. The molecule has 0 saturated carbocycles. The van der Waals surface area contributed by atoms with Crippen molar-refractivity contribution in [2.24, 2.45) is 0 Å². The summed E-state index contributed by atoms with van der Waals surface area (Å²) in [7, 11) is 0. The van der Waals surface area contributed by atoms with Crippen molar-refractivity contribution >= 4 is 5.82 Å². The number of aromatic nitrogens is 1. The van der Waals surface area contributed by atoms with E-state index in [1.54, 1.807) is 0 Å². The molecule has 0 spiro atoms. The molecule has 3 nitrogen and oxygen atoms in total. The van der Waals surface area contributed by atoms with Crippen LogP contribution in [0.3, 0.4) is 0 Å². The molecule has 1 aliphatic rings. The minimum Gasteiger partial charge on any atom is -0.349 e. The van der Waals surface area contributed by atoms with Crippen LogP contribution in [0.15, 0.2) is 24.4 Å². The zero-order valence-electron chi connectivity index (χ0n) is 6.90. The second kappa shape index (κ2) is 3.54. The molecule has 2 rings (SSSR count). The first-order valence-corrected chi connectivity index (χ1v) is 4.18. The van der Waals surface area contributed by atoms with Gasteiger partial charge in [0, 0.05) is 25.8 Å². The van der Waals surface area contributed by atoms with Crippen molar-refractivity contribution in [2.75, 3.05) is 24.5 Å². The van der Waals surface area contributed by atoms with E-state index in [-0.39, 0.29) is 0 Å². The van der Waals surface area contributed by atoms with Crippen LogP contribution in [0.1, 0.15) is 0 Å². The highest BCUT2D eigenvalue weighted by molar-refractivity contribution is 5.40. The van der Waals surface area contributed by atoms with E-state index in [4.69, 9.17) is 0 Å². The second-order valence-corrected chi connectivity index (χ2v) is 2.77. The lowest BCUT2D eigenvalue weighted by atomic mass is 10.3. The minimum absolute atomic E-state index is 0.941. The monoisotopic (exact) mass is 162 g/mol. The molecule has 3 heteroatoms. The van der Waals surface area contributed by atoms with Gasteiger partial charge in [0.25, 0.3) is 0 Å². The standard InChI is InChI=1S/C9H12N3/c1-2-4-11-9(3-1)12-7-5-10-6-8-12/h1-4,7,10H,5-6,8H2. The predicted octanol–water partition coefficient (Wildman–Crippen LogP) is 0.653. The van der Waals surface area contributed by atoms with Crippen LogP contribution in [0.5, 0.6) is 0 Å². The van der Waals surface area contributed by atoms with Crippen LogP contribution < -0.4 is 10.2 Å². The zero-order chi connectivity index (χ0) is 8.23. The Hall–Kier alpha value is -1.09. The normalized spacial score (nSPS) is 17.8. The first-order valence-electron chi connectivity index (χ1n) is 4.18. The molecule has 0 unspecified atom stereocenters.